The summed E-state index contributed by atoms with van der Waals surface area (Å²) in [5.41, 5.74) is 0. The third kappa shape index (κ3) is 1.72. The van der Waals surface area contributed by atoms with Crippen LogP contribution in [0.2, 0.25) is 0 Å². The van der Waals surface area contributed by atoms with Gasteiger partial charge in [-0.1, -0.05) is 11.8 Å². The van der Waals surface area contributed by atoms with Crippen LogP contribution in [0.1, 0.15) is 6.92 Å². The number of ether oxygens (including phenoxy) is 1. The Morgan fingerprint density at radius 1 is 1.73 bits per heavy atom. The van der Waals surface area contributed by atoms with Crippen molar-refractivity contribution >= 4 is 22.8 Å². The minimum absolute atomic E-state index is 0.0166. The Labute approximate surface area is 68.7 Å². The summed E-state index contributed by atoms with van der Waals surface area (Å²) >= 11 is 1.08. The number of rotatable bonds is 2. The molecule has 62 valence electrons. The molecule has 4 nitrogen and oxygen atoms in total. The van der Waals surface area contributed by atoms with Gasteiger partial charge in [-0.15, -0.1) is 0 Å². The smallest absolute Gasteiger partial charge is 0.253 e. The monoisotopic (exact) mass is 175 g/mol. The van der Waals surface area contributed by atoms with Crippen LogP contribution in [0.15, 0.2) is 0 Å². The topological polar surface area (TPSA) is 55.4 Å². The van der Waals surface area contributed by atoms with Gasteiger partial charge in [-0.25, -0.2) is 0 Å². The number of amides is 1. The summed E-state index contributed by atoms with van der Waals surface area (Å²) in [5, 5.41) is 2.35. The molecule has 1 heterocycles. The fourth-order valence-electron chi connectivity index (χ4n) is 0.840. The molecule has 0 aromatic rings. The Kier molecular flexibility index (Phi) is 2.51. The van der Waals surface area contributed by atoms with E-state index in [1.54, 1.807) is 0 Å². The molecule has 0 saturated carbocycles. The van der Waals surface area contributed by atoms with E-state index >= 15 is 0 Å². The van der Waals surface area contributed by atoms with Gasteiger partial charge in [0, 0.05) is 14.0 Å². The lowest BCUT2D eigenvalue weighted by atomic mass is 10.2. The van der Waals surface area contributed by atoms with Gasteiger partial charge < -0.3 is 10.1 Å². The Morgan fingerprint density at radius 3 is 2.73 bits per heavy atom. The van der Waals surface area contributed by atoms with Crippen LogP contribution in [0.4, 0.5) is 0 Å². The fourth-order valence-corrected chi connectivity index (χ4v) is 1.73. The molecular weight excluding hydrogens is 166 g/mol. The van der Waals surface area contributed by atoms with Gasteiger partial charge in [0.2, 0.25) is 0 Å². The van der Waals surface area contributed by atoms with Gasteiger partial charge in [0.05, 0.1) is 0 Å². The number of carbonyl (C=O) groups is 2. The van der Waals surface area contributed by atoms with Crippen molar-refractivity contribution in [1.82, 2.24) is 5.32 Å². The molecule has 5 heteroatoms. The lowest BCUT2D eigenvalue weighted by Crippen LogP contribution is -2.61. The molecule has 1 aliphatic heterocycles. The summed E-state index contributed by atoms with van der Waals surface area (Å²) in [4.78, 5) is 21.3. The van der Waals surface area contributed by atoms with Gasteiger partial charge >= 0.3 is 0 Å². The molecule has 0 aromatic carbocycles. The van der Waals surface area contributed by atoms with Crippen molar-refractivity contribution in [2.75, 3.05) is 7.11 Å². The molecule has 0 radical (unpaired) electrons. The quantitative estimate of drug-likeness (QED) is 0.587. The zero-order valence-corrected chi connectivity index (χ0v) is 7.10. The lowest BCUT2D eigenvalue weighted by molar-refractivity contribution is -0.141. The number of methoxy groups -OCH3 is 1. The molecule has 0 unspecified atom stereocenters. The zero-order valence-electron chi connectivity index (χ0n) is 6.29. The van der Waals surface area contributed by atoms with Crippen LogP contribution in [0.3, 0.4) is 0 Å². The van der Waals surface area contributed by atoms with E-state index in [1.807, 2.05) is 0 Å². The molecular formula is C6H9NO3S. The van der Waals surface area contributed by atoms with E-state index < -0.39 is 6.10 Å². The molecule has 0 spiro atoms. The first kappa shape index (κ1) is 8.55. The van der Waals surface area contributed by atoms with Crippen LogP contribution in [-0.4, -0.2) is 29.6 Å². The minimum atomic E-state index is -0.455. The zero-order chi connectivity index (χ0) is 8.43. The number of hydrogen-bond acceptors (Lipinski definition) is 4. The van der Waals surface area contributed by atoms with E-state index in [-0.39, 0.29) is 16.4 Å². The van der Waals surface area contributed by atoms with Gasteiger partial charge in [0.25, 0.3) is 5.91 Å². The largest absolute Gasteiger partial charge is 0.368 e. The highest BCUT2D eigenvalue weighted by Gasteiger charge is 2.40. The summed E-state index contributed by atoms with van der Waals surface area (Å²) in [6.07, 6.45) is -0.455. The van der Waals surface area contributed by atoms with E-state index in [2.05, 4.69) is 5.32 Å². The summed E-state index contributed by atoms with van der Waals surface area (Å²) in [7, 11) is 1.46. The minimum Gasteiger partial charge on any atom is -0.368 e. The Bertz CT molecular complexity index is 194. The van der Waals surface area contributed by atoms with E-state index in [4.69, 9.17) is 4.74 Å². The second kappa shape index (κ2) is 3.23. The molecule has 1 saturated heterocycles. The van der Waals surface area contributed by atoms with E-state index in [0.717, 1.165) is 11.8 Å². The van der Waals surface area contributed by atoms with Crippen LogP contribution in [0.5, 0.6) is 0 Å². The van der Waals surface area contributed by atoms with E-state index in [1.165, 1.54) is 14.0 Å². The van der Waals surface area contributed by atoms with Crippen LogP contribution in [-0.2, 0) is 14.3 Å². The normalized spacial score (nSPS) is 29.1. The van der Waals surface area contributed by atoms with Crippen LogP contribution in [0.25, 0.3) is 0 Å². The highest BCUT2D eigenvalue weighted by atomic mass is 32.2. The van der Waals surface area contributed by atoms with E-state index in [9.17, 15) is 9.59 Å². The maximum absolute atomic E-state index is 10.7. The van der Waals surface area contributed by atoms with Crippen molar-refractivity contribution < 1.29 is 14.3 Å². The highest BCUT2D eigenvalue weighted by molar-refractivity contribution is 8.14. The van der Waals surface area contributed by atoms with Crippen molar-refractivity contribution in [3.8, 4) is 0 Å². The first-order valence-electron chi connectivity index (χ1n) is 3.15. The average molecular weight is 175 g/mol. The third-order valence-electron chi connectivity index (χ3n) is 1.36. The van der Waals surface area contributed by atoms with Gasteiger partial charge in [0.15, 0.2) is 11.2 Å². The lowest BCUT2D eigenvalue weighted by Gasteiger charge is -2.33. The maximum atomic E-state index is 10.7. The van der Waals surface area contributed by atoms with E-state index in [0.29, 0.717) is 0 Å². The van der Waals surface area contributed by atoms with Crippen molar-refractivity contribution in [1.29, 1.82) is 0 Å². The van der Waals surface area contributed by atoms with Gasteiger partial charge in [-0.2, -0.15) is 0 Å². The number of hydrogen-bond donors (Lipinski definition) is 1. The molecule has 0 aliphatic carbocycles. The fraction of sp³-hybridized carbons (Fsp3) is 0.667. The Balaban J connectivity index is 2.38. The number of nitrogens with one attached hydrogen (secondary N) is 1. The summed E-state index contributed by atoms with van der Waals surface area (Å²) in [6, 6.07) is 0. The van der Waals surface area contributed by atoms with Gasteiger partial charge in [0.1, 0.15) is 5.37 Å². The third-order valence-corrected chi connectivity index (χ3v) is 2.32. The Hall–Kier alpha value is -0.550. The molecule has 1 amide bonds. The molecule has 11 heavy (non-hydrogen) atoms. The summed E-state index contributed by atoms with van der Waals surface area (Å²) in [5.74, 6) is -0.147. The molecule has 1 rings (SSSR count). The molecule has 2 atom stereocenters. The average Bonchev–Trinajstić information content (AvgIpc) is 1.86. The molecule has 0 bridgehead atoms. The first-order valence-corrected chi connectivity index (χ1v) is 4.03. The number of carbonyl (C=O) groups excluding carboxylic acids is 2. The SMILES string of the molecule is CO[C@H]1C(=O)N[C@H]1SC(C)=O. The van der Waals surface area contributed by atoms with Crippen LogP contribution in [0, 0.1) is 0 Å². The van der Waals surface area contributed by atoms with Gasteiger partial charge in [-0.05, 0) is 0 Å². The maximum Gasteiger partial charge on any atom is 0.253 e. The second-order valence-electron chi connectivity index (χ2n) is 2.19. The van der Waals surface area contributed by atoms with Crippen molar-refractivity contribution in [3.05, 3.63) is 0 Å². The predicted molar refractivity (Wildman–Crippen MR) is 41.0 cm³/mol. The molecule has 1 fully saturated rings. The predicted octanol–water partition coefficient (Wildman–Crippen LogP) is -0.263. The summed E-state index contributed by atoms with van der Waals surface area (Å²) in [6.45, 7) is 1.46. The molecule has 1 aliphatic rings. The first-order chi connectivity index (χ1) is 5.15. The standard InChI is InChI=1S/C6H9NO3S/c1-3(8)11-6-4(10-2)5(9)7-6/h4,6H,1-2H3,(H,7,9)/t4-,6-/m0/s1. The highest BCUT2D eigenvalue weighted by Crippen LogP contribution is 2.22. The second-order valence-corrected chi connectivity index (χ2v) is 3.51. The molecule has 0 aromatic heterocycles. The Morgan fingerprint density at radius 2 is 2.36 bits per heavy atom. The summed E-state index contributed by atoms with van der Waals surface area (Å²) < 4.78 is 4.83. The molecule has 1 N–H and O–H groups in total. The van der Waals surface area contributed by atoms with Crippen LogP contribution >= 0.6 is 11.8 Å². The van der Waals surface area contributed by atoms with Crippen LogP contribution < -0.4 is 5.32 Å². The van der Waals surface area contributed by atoms with Gasteiger partial charge in [-0.3, -0.25) is 9.59 Å². The van der Waals surface area contributed by atoms with Crippen molar-refractivity contribution in [2.45, 2.75) is 18.4 Å². The number of β-lactam (4-membered cyclic amide) rings is 1. The number of thioether (sulfide) groups is 1. The van der Waals surface area contributed by atoms with Crippen molar-refractivity contribution in [2.24, 2.45) is 0 Å². The van der Waals surface area contributed by atoms with Crippen molar-refractivity contribution in [3.63, 3.8) is 0 Å².